The summed E-state index contributed by atoms with van der Waals surface area (Å²) in [5.74, 6) is 0.525. The molecule has 2 heterocycles. The van der Waals surface area contributed by atoms with Crippen LogP contribution in [0.5, 0.6) is 0 Å². The lowest BCUT2D eigenvalue weighted by molar-refractivity contribution is 0.0955. The average molecular weight is 386 g/mol. The molecule has 3 rings (SSSR count). The average Bonchev–Trinajstić information content (AvgIpc) is 3.24. The van der Waals surface area contributed by atoms with Crippen LogP contribution < -0.4 is 5.32 Å². The van der Waals surface area contributed by atoms with Crippen LogP contribution in [0.15, 0.2) is 24.3 Å². The van der Waals surface area contributed by atoms with Gasteiger partial charge in [0.25, 0.3) is 5.91 Å². The second-order valence-electron chi connectivity index (χ2n) is 7.89. The zero-order valence-corrected chi connectivity index (χ0v) is 17.7. The van der Waals surface area contributed by atoms with E-state index in [-0.39, 0.29) is 5.91 Å². The number of carbonyl (C=O) groups is 1. The third kappa shape index (κ3) is 4.96. The van der Waals surface area contributed by atoms with Gasteiger partial charge in [-0.3, -0.25) is 4.79 Å². The Labute approximate surface area is 167 Å². The van der Waals surface area contributed by atoms with Crippen molar-refractivity contribution >= 4 is 17.2 Å². The first-order valence-electron chi connectivity index (χ1n) is 10.0. The third-order valence-electron chi connectivity index (χ3n) is 5.50. The van der Waals surface area contributed by atoms with Gasteiger partial charge >= 0.3 is 0 Å². The van der Waals surface area contributed by atoms with Crippen molar-refractivity contribution in [1.82, 2.24) is 15.2 Å². The SMILES string of the molecule is Cc1nc(-c2ccc(C(C)C)cc2)sc1C(=O)NCCCC1CCCN1C. The number of aryl methyl sites for hydroxylation is 1. The molecule has 1 N–H and O–H groups in total. The fourth-order valence-electron chi connectivity index (χ4n) is 3.71. The van der Waals surface area contributed by atoms with Gasteiger partial charge in [0.05, 0.1) is 5.69 Å². The van der Waals surface area contributed by atoms with Crippen molar-refractivity contribution in [2.24, 2.45) is 0 Å². The summed E-state index contributed by atoms with van der Waals surface area (Å²) < 4.78 is 0. The van der Waals surface area contributed by atoms with Crippen molar-refractivity contribution in [1.29, 1.82) is 0 Å². The summed E-state index contributed by atoms with van der Waals surface area (Å²) >= 11 is 1.49. The molecule has 0 aliphatic carbocycles. The number of nitrogens with one attached hydrogen (secondary N) is 1. The molecule has 1 amide bonds. The number of hydrogen-bond donors (Lipinski definition) is 1. The summed E-state index contributed by atoms with van der Waals surface area (Å²) in [6.45, 7) is 8.24. The molecule has 1 atom stereocenters. The summed E-state index contributed by atoms with van der Waals surface area (Å²) in [7, 11) is 2.20. The first kappa shape index (κ1) is 20.0. The molecular formula is C22H31N3OS. The van der Waals surface area contributed by atoms with E-state index in [4.69, 9.17) is 0 Å². The fourth-order valence-corrected chi connectivity index (χ4v) is 4.69. The van der Waals surface area contributed by atoms with E-state index in [9.17, 15) is 4.79 Å². The van der Waals surface area contributed by atoms with Crippen molar-refractivity contribution in [3.05, 3.63) is 40.4 Å². The topological polar surface area (TPSA) is 45.2 Å². The lowest BCUT2D eigenvalue weighted by Gasteiger charge is -2.18. The molecule has 0 bridgehead atoms. The summed E-state index contributed by atoms with van der Waals surface area (Å²) in [6, 6.07) is 9.20. The Bertz CT molecular complexity index is 766. The van der Waals surface area contributed by atoms with E-state index < -0.39 is 0 Å². The maximum absolute atomic E-state index is 12.6. The number of nitrogens with zero attached hydrogens (tertiary/aromatic N) is 2. The van der Waals surface area contributed by atoms with Crippen molar-refractivity contribution in [3.63, 3.8) is 0 Å². The highest BCUT2D eigenvalue weighted by Gasteiger charge is 2.20. The molecule has 0 radical (unpaired) electrons. The second kappa shape index (κ2) is 8.98. The number of thiazole rings is 1. The number of amides is 1. The van der Waals surface area contributed by atoms with Gasteiger partial charge in [0.2, 0.25) is 0 Å². The normalized spacial score (nSPS) is 17.6. The Morgan fingerprint density at radius 1 is 1.33 bits per heavy atom. The predicted octanol–water partition coefficient (Wildman–Crippen LogP) is 4.85. The van der Waals surface area contributed by atoms with Crippen LogP contribution in [0.2, 0.25) is 0 Å². The Balaban J connectivity index is 1.56. The van der Waals surface area contributed by atoms with Crippen molar-refractivity contribution in [3.8, 4) is 10.6 Å². The van der Waals surface area contributed by atoms with E-state index in [0.29, 0.717) is 12.0 Å². The van der Waals surface area contributed by atoms with Crippen LogP contribution in [-0.4, -0.2) is 42.0 Å². The van der Waals surface area contributed by atoms with Gasteiger partial charge in [0.15, 0.2) is 0 Å². The molecule has 1 unspecified atom stereocenters. The van der Waals surface area contributed by atoms with Gasteiger partial charge in [0, 0.05) is 18.2 Å². The van der Waals surface area contributed by atoms with Gasteiger partial charge in [-0.25, -0.2) is 4.98 Å². The van der Waals surface area contributed by atoms with Crippen LogP contribution in [0.25, 0.3) is 10.6 Å². The molecule has 0 saturated carbocycles. The molecule has 4 nitrogen and oxygen atoms in total. The van der Waals surface area contributed by atoms with E-state index in [1.54, 1.807) is 0 Å². The first-order valence-corrected chi connectivity index (χ1v) is 10.8. The van der Waals surface area contributed by atoms with Crippen molar-refractivity contribution < 1.29 is 4.79 Å². The molecule has 146 valence electrons. The number of hydrogen-bond acceptors (Lipinski definition) is 4. The van der Waals surface area contributed by atoms with Gasteiger partial charge in [-0.1, -0.05) is 38.1 Å². The zero-order chi connectivity index (χ0) is 19.4. The van der Waals surface area contributed by atoms with E-state index in [1.165, 1.54) is 36.3 Å². The molecular weight excluding hydrogens is 354 g/mol. The number of benzene rings is 1. The minimum absolute atomic E-state index is 0.00910. The summed E-state index contributed by atoms with van der Waals surface area (Å²) in [6.07, 6.45) is 4.78. The minimum atomic E-state index is 0.00910. The van der Waals surface area contributed by atoms with E-state index in [2.05, 4.69) is 60.4 Å². The molecule has 27 heavy (non-hydrogen) atoms. The molecule has 5 heteroatoms. The van der Waals surface area contributed by atoms with Gasteiger partial charge in [-0.05, 0) is 57.7 Å². The quantitative estimate of drug-likeness (QED) is 0.693. The molecule has 0 spiro atoms. The van der Waals surface area contributed by atoms with Gasteiger partial charge in [-0.2, -0.15) is 0 Å². The number of carbonyl (C=O) groups excluding carboxylic acids is 1. The van der Waals surface area contributed by atoms with Gasteiger partial charge < -0.3 is 10.2 Å². The first-order chi connectivity index (χ1) is 13.0. The largest absolute Gasteiger partial charge is 0.351 e. The van der Waals surface area contributed by atoms with Crippen LogP contribution in [-0.2, 0) is 0 Å². The highest BCUT2D eigenvalue weighted by atomic mass is 32.1. The fraction of sp³-hybridized carbons (Fsp3) is 0.545. The summed E-state index contributed by atoms with van der Waals surface area (Å²) in [5.41, 5.74) is 3.21. The Hall–Kier alpha value is -1.72. The van der Waals surface area contributed by atoms with E-state index in [0.717, 1.165) is 40.5 Å². The van der Waals surface area contributed by atoms with Crippen molar-refractivity contribution in [2.45, 2.75) is 58.4 Å². The van der Waals surface area contributed by atoms with Crippen LogP contribution in [0.1, 0.15) is 66.4 Å². The smallest absolute Gasteiger partial charge is 0.263 e. The molecule has 1 aliphatic rings. The maximum atomic E-state index is 12.6. The number of aromatic nitrogens is 1. The van der Waals surface area contributed by atoms with E-state index >= 15 is 0 Å². The number of likely N-dealkylation sites (tertiary alicyclic amines) is 1. The highest BCUT2D eigenvalue weighted by molar-refractivity contribution is 7.17. The number of rotatable bonds is 7. The third-order valence-corrected chi connectivity index (χ3v) is 6.70. The monoisotopic (exact) mass is 385 g/mol. The molecule has 1 aromatic carbocycles. The summed E-state index contributed by atoms with van der Waals surface area (Å²) in [4.78, 5) is 20.4. The predicted molar refractivity (Wildman–Crippen MR) is 114 cm³/mol. The van der Waals surface area contributed by atoms with Crippen LogP contribution >= 0.6 is 11.3 Å². The Morgan fingerprint density at radius 2 is 2.07 bits per heavy atom. The molecule has 1 aromatic heterocycles. The maximum Gasteiger partial charge on any atom is 0.263 e. The molecule has 1 fully saturated rings. The highest BCUT2D eigenvalue weighted by Crippen LogP contribution is 2.29. The summed E-state index contributed by atoms with van der Waals surface area (Å²) in [5, 5.41) is 4.00. The van der Waals surface area contributed by atoms with Crippen molar-refractivity contribution in [2.75, 3.05) is 20.1 Å². The zero-order valence-electron chi connectivity index (χ0n) is 16.9. The van der Waals surface area contributed by atoms with Crippen LogP contribution in [0.4, 0.5) is 0 Å². The van der Waals surface area contributed by atoms with Gasteiger partial charge in [-0.15, -0.1) is 11.3 Å². The van der Waals surface area contributed by atoms with Crippen LogP contribution in [0, 0.1) is 6.92 Å². The Morgan fingerprint density at radius 3 is 2.70 bits per heavy atom. The molecule has 1 saturated heterocycles. The van der Waals surface area contributed by atoms with Gasteiger partial charge in [0.1, 0.15) is 9.88 Å². The van der Waals surface area contributed by atoms with E-state index in [1.807, 2.05) is 6.92 Å². The minimum Gasteiger partial charge on any atom is -0.351 e. The molecule has 2 aromatic rings. The lowest BCUT2D eigenvalue weighted by Crippen LogP contribution is -2.28. The second-order valence-corrected chi connectivity index (χ2v) is 8.88. The standard InChI is InChI=1S/C22H31N3OS/c1-15(2)17-9-11-18(12-10-17)22-24-16(3)20(27-22)21(26)23-13-5-7-19-8-6-14-25(19)4/h9-12,15,19H,5-8,13-14H2,1-4H3,(H,23,26). The van der Waals surface area contributed by atoms with Crippen LogP contribution in [0.3, 0.4) is 0 Å². The molecule has 1 aliphatic heterocycles. The lowest BCUT2D eigenvalue weighted by atomic mass is 10.0. The Kier molecular flexibility index (Phi) is 6.66.